The van der Waals surface area contributed by atoms with Crippen LogP contribution in [0.1, 0.15) is 39.0 Å². The summed E-state index contributed by atoms with van der Waals surface area (Å²) in [7, 11) is 2.70. The third kappa shape index (κ3) is 3.99. The van der Waals surface area contributed by atoms with Crippen molar-refractivity contribution in [3.05, 3.63) is 23.2 Å². The predicted octanol–water partition coefficient (Wildman–Crippen LogP) is 2.54. The van der Waals surface area contributed by atoms with Crippen LogP contribution in [-0.4, -0.2) is 25.8 Å². The maximum Gasteiger partial charge on any atom is 0.227 e. The van der Waals surface area contributed by atoms with Gasteiger partial charge in [-0.05, 0) is 18.9 Å². The molecular formula is C16H20O4. The molecule has 0 saturated heterocycles. The van der Waals surface area contributed by atoms with Gasteiger partial charge in [0, 0.05) is 18.4 Å². The van der Waals surface area contributed by atoms with Crippen LogP contribution in [0.5, 0.6) is 0 Å². The number of allylic oxidation sites excluding steroid dienone is 2. The van der Waals surface area contributed by atoms with Crippen LogP contribution in [0.4, 0.5) is 0 Å². The molecule has 1 aliphatic rings. The molecule has 0 aliphatic heterocycles. The van der Waals surface area contributed by atoms with Crippen molar-refractivity contribution >= 4 is 11.6 Å². The molecule has 4 nitrogen and oxygen atoms in total. The zero-order valence-electron chi connectivity index (χ0n) is 12.2. The van der Waals surface area contributed by atoms with Crippen LogP contribution in [0.25, 0.3) is 0 Å². The predicted molar refractivity (Wildman–Crippen MR) is 75.7 cm³/mol. The molecule has 20 heavy (non-hydrogen) atoms. The molecule has 1 rings (SSSR count). The highest BCUT2D eigenvalue weighted by Gasteiger charge is 2.30. The lowest BCUT2D eigenvalue weighted by atomic mass is 9.96. The first-order valence-corrected chi connectivity index (χ1v) is 6.73. The number of ketones is 2. The number of Topliss-reactive ketones (excluding diaryl/α,β-unsaturated/α-hetero) is 1. The Labute approximate surface area is 119 Å². The van der Waals surface area contributed by atoms with E-state index < -0.39 is 0 Å². The fourth-order valence-corrected chi connectivity index (χ4v) is 1.85. The van der Waals surface area contributed by atoms with E-state index >= 15 is 0 Å². The van der Waals surface area contributed by atoms with E-state index in [4.69, 9.17) is 9.47 Å². The van der Waals surface area contributed by atoms with Crippen molar-refractivity contribution in [2.75, 3.05) is 14.2 Å². The van der Waals surface area contributed by atoms with E-state index in [9.17, 15) is 9.59 Å². The van der Waals surface area contributed by atoms with Gasteiger partial charge in [0.05, 0.1) is 14.2 Å². The number of unbranched alkanes of at least 4 members (excludes halogenated alkanes) is 2. The molecule has 1 aliphatic carbocycles. The second kappa shape index (κ2) is 8.21. The smallest absolute Gasteiger partial charge is 0.227 e. The van der Waals surface area contributed by atoms with Crippen LogP contribution in [0.2, 0.25) is 0 Å². The molecule has 0 radical (unpaired) electrons. The zero-order chi connectivity index (χ0) is 15.0. The van der Waals surface area contributed by atoms with E-state index in [1.165, 1.54) is 20.3 Å². The van der Waals surface area contributed by atoms with Gasteiger partial charge in [-0.15, -0.1) is 11.8 Å². The fraction of sp³-hybridized carbons (Fsp3) is 0.500. The Morgan fingerprint density at radius 3 is 2.30 bits per heavy atom. The summed E-state index contributed by atoms with van der Waals surface area (Å²) in [6, 6.07) is 0. The molecule has 0 amide bonds. The molecule has 0 atom stereocenters. The molecule has 0 unspecified atom stereocenters. The quantitative estimate of drug-likeness (QED) is 0.425. The Kier molecular flexibility index (Phi) is 6.58. The van der Waals surface area contributed by atoms with Gasteiger partial charge in [-0.1, -0.05) is 13.3 Å². The largest absolute Gasteiger partial charge is 0.490 e. The van der Waals surface area contributed by atoms with E-state index in [0.29, 0.717) is 18.4 Å². The molecule has 0 N–H and O–H groups in total. The highest BCUT2D eigenvalue weighted by molar-refractivity contribution is 6.21. The summed E-state index contributed by atoms with van der Waals surface area (Å²) < 4.78 is 9.88. The summed E-state index contributed by atoms with van der Waals surface area (Å²) in [5.41, 5.74) is 0.428. The molecule has 0 heterocycles. The van der Waals surface area contributed by atoms with Crippen molar-refractivity contribution in [2.24, 2.45) is 0 Å². The summed E-state index contributed by atoms with van der Waals surface area (Å²) in [6.07, 6.45) is 5.41. The Bertz CT molecular complexity index is 500. The monoisotopic (exact) mass is 276 g/mol. The van der Waals surface area contributed by atoms with Crippen molar-refractivity contribution < 1.29 is 19.1 Å². The minimum absolute atomic E-state index is 0.0195. The second-order valence-corrected chi connectivity index (χ2v) is 4.39. The summed E-state index contributed by atoms with van der Waals surface area (Å²) in [5.74, 6) is 5.39. The molecule has 0 spiro atoms. The van der Waals surface area contributed by atoms with Crippen molar-refractivity contribution in [1.29, 1.82) is 0 Å². The highest BCUT2D eigenvalue weighted by atomic mass is 16.5. The molecule has 4 heteroatoms. The van der Waals surface area contributed by atoms with Gasteiger partial charge in [-0.3, -0.25) is 9.59 Å². The molecule has 0 aromatic carbocycles. The third-order valence-corrected chi connectivity index (χ3v) is 2.94. The number of hydrogen-bond donors (Lipinski definition) is 0. The lowest BCUT2D eigenvalue weighted by Crippen LogP contribution is -2.21. The molecular weight excluding hydrogens is 256 g/mol. The molecule has 0 aromatic rings. The number of methoxy groups -OCH3 is 2. The summed E-state index contributed by atoms with van der Waals surface area (Å²) in [6.45, 7) is 2.12. The maximum atomic E-state index is 12.1. The first kappa shape index (κ1) is 16.0. The average Bonchev–Trinajstić information content (AvgIpc) is 2.45. The van der Waals surface area contributed by atoms with Gasteiger partial charge in [0.2, 0.25) is 23.1 Å². The van der Waals surface area contributed by atoms with E-state index in [-0.39, 0.29) is 23.1 Å². The first-order chi connectivity index (χ1) is 9.65. The van der Waals surface area contributed by atoms with Gasteiger partial charge in [-0.2, -0.15) is 0 Å². The number of carbonyl (C=O) groups is 2. The Hall–Kier alpha value is -2.02. The van der Waals surface area contributed by atoms with Crippen LogP contribution in [0.15, 0.2) is 23.2 Å². The molecule has 0 fully saturated rings. The van der Waals surface area contributed by atoms with Crippen LogP contribution in [0, 0.1) is 11.8 Å². The number of hydrogen-bond acceptors (Lipinski definition) is 4. The highest BCUT2D eigenvalue weighted by Crippen LogP contribution is 2.23. The standard InChI is InChI=1S/C16H20O4/c1-4-5-6-7-8-9-10-12-11-13(17)15(19-2)16(20-3)14(12)18/h11H,4-6,9-10H2,1-3H3. The van der Waals surface area contributed by atoms with Gasteiger partial charge >= 0.3 is 0 Å². The summed E-state index contributed by atoms with van der Waals surface area (Å²) in [4.78, 5) is 23.9. The van der Waals surface area contributed by atoms with Gasteiger partial charge in [0.15, 0.2) is 0 Å². The van der Waals surface area contributed by atoms with Crippen LogP contribution in [-0.2, 0) is 19.1 Å². The Morgan fingerprint density at radius 1 is 1.05 bits per heavy atom. The normalized spacial score (nSPS) is 14.7. The van der Waals surface area contributed by atoms with Crippen molar-refractivity contribution in [3.63, 3.8) is 0 Å². The van der Waals surface area contributed by atoms with Gasteiger partial charge in [-0.25, -0.2) is 0 Å². The summed E-state index contributed by atoms with van der Waals surface area (Å²) >= 11 is 0. The van der Waals surface area contributed by atoms with E-state index in [0.717, 1.165) is 19.3 Å². The first-order valence-electron chi connectivity index (χ1n) is 6.73. The van der Waals surface area contributed by atoms with E-state index in [1.54, 1.807) is 0 Å². The lowest BCUT2D eigenvalue weighted by molar-refractivity contribution is -0.120. The van der Waals surface area contributed by atoms with Crippen LogP contribution >= 0.6 is 0 Å². The molecule has 108 valence electrons. The minimum Gasteiger partial charge on any atom is -0.490 e. The number of carbonyl (C=O) groups excluding carboxylic acids is 2. The minimum atomic E-state index is -0.335. The third-order valence-electron chi connectivity index (χ3n) is 2.94. The van der Waals surface area contributed by atoms with Crippen molar-refractivity contribution in [2.45, 2.75) is 39.0 Å². The van der Waals surface area contributed by atoms with E-state index in [1.807, 2.05) is 0 Å². The SMILES string of the molecule is CCCCC#CCCC1=CC(=O)C(OC)=C(OC)C1=O. The average molecular weight is 276 g/mol. The zero-order valence-corrected chi connectivity index (χ0v) is 12.2. The Balaban J connectivity index is 2.66. The van der Waals surface area contributed by atoms with Crippen molar-refractivity contribution in [3.8, 4) is 11.8 Å². The molecule has 0 saturated carbocycles. The number of rotatable bonds is 6. The topological polar surface area (TPSA) is 52.6 Å². The van der Waals surface area contributed by atoms with Gasteiger partial charge < -0.3 is 9.47 Å². The van der Waals surface area contributed by atoms with Crippen LogP contribution in [0.3, 0.4) is 0 Å². The van der Waals surface area contributed by atoms with Crippen LogP contribution < -0.4 is 0 Å². The maximum absolute atomic E-state index is 12.1. The second-order valence-electron chi connectivity index (χ2n) is 4.39. The summed E-state index contributed by atoms with van der Waals surface area (Å²) in [5, 5.41) is 0. The molecule has 0 aromatic heterocycles. The van der Waals surface area contributed by atoms with Crippen molar-refractivity contribution in [1.82, 2.24) is 0 Å². The Morgan fingerprint density at radius 2 is 1.70 bits per heavy atom. The van der Waals surface area contributed by atoms with E-state index in [2.05, 4.69) is 18.8 Å². The van der Waals surface area contributed by atoms with Gasteiger partial charge in [0.1, 0.15) is 0 Å². The van der Waals surface area contributed by atoms with Gasteiger partial charge in [0.25, 0.3) is 0 Å². The lowest BCUT2D eigenvalue weighted by Gasteiger charge is -2.16. The molecule has 0 bridgehead atoms. The fourth-order valence-electron chi connectivity index (χ4n) is 1.85. The number of ether oxygens (including phenoxy) is 2.